The lowest BCUT2D eigenvalue weighted by Gasteiger charge is -2.38. The fourth-order valence-corrected chi connectivity index (χ4v) is 3.12. The fourth-order valence-electron chi connectivity index (χ4n) is 3.12. The van der Waals surface area contributed by atoms with Gasteiger partial charge in [-0.3, -0.25) is 0 Å². The van der Waals surface area contributed by atoms with E-state index < -0.39 is 0 Å². The van der Waals surface area contributed by atoms with Gasteiger partial charge in [-0.1, -0.05) is 13.3 Å². The van der Waals surface area contributed by atoms with Crippen molar-refractivity contribution in [1.82, 2.24) is 5.32 Å². The molecule has 1 unspecified atom stereocenters. The smallest absolute Gasteiger partial charge is 0.123 e. The van der Waals surface area contributed by atoms with Gasteiger partial charge in [0.05, 0.1) is 0 Å². The quantitative estimate of drug-likeness (QED) is 0.872. The molecule has 0 spiro atoms. The molecular formula is C16H25FN2. The summed E-state index contributed by atoms with van der Waals surface area (Å²) < 4.78 is 13.4. The van der Waals surface area contributed by atoms with Gasteiger partial charge < -0.3 is 10.2 Å². The molecule has 0 amide bonds. The first-order valence-corrected chi connectivity index (χ1v) is 7.46. The number of rotatable bonds is 5. The van der Waals surface area contributed by atoms with Crippen molar-refractivity contribution in [1.29, 1.82) is 0 Å². The van der Waals surface area contributed by atoms with Gasteiger partial charge in [0.2, 0.25) is 0 Å². The number of halogens is 1. The standard InChI is InChI=1S/C16H25FN2/c1-3-6-15-7-4-5-10-19(15)16-9-8-14(17)11-13(16)12-18-2/h8-9,11,15,18H,3-7,10,12H2,1-2H3. The Morgan fingerprint density at radius 1 is 1.37 bits per heavy atom. The predicted molar refractivity (Wildman–Crippen MR) is 79.1 cm³/mol. The molecular weight excluding hydrogens is 239 g/mol. The Bertz CT molecular complexity index is 404. The van der Waals surface area contributed by atoms with E-state index in [1.807, 2.05) is 13.1 Å². The second kappa shape index (κ2) is 6.90. The molecule has 2 nitrogen and oxygen atoms in total. The van der Waals surface area contributed by atoms with Crippen molar-refractivity contribution in [3.8, 4) is 0 Å². The first-order valence-electron chi connectivity index (χ1n) is 7.46. The molecule has 106 valence electrons. The van der Waals surface area contributed by atoms with Gasteiger partial charge in [0.25, 0.3) is 0 Å². The van der Waals surface area contributed by atoms with E-state index in [0.717, 1.165) is 18.7 Å². The number of anilines is 1. The van der Waals surface area contributed by atoms with E-state index in [-0.39, 0.29) is 5.82 Å². The zero-order chi connectivity index (χ0) is 13.7. The first-order chi connectivity index (χ1) is 9.26. The number of nitrogens with zero attached hydrogens (tertiary/aromatic N) is 1. The van der Waals surface area contributed by atoms with Crippen molar-refractivity contribution in [3.63, 3.8) is 0 Å². The third-order valence-electron chi connectivity index (χ3n) is 3.97. The van der Waals surface area contributed by atoms with Crippen LogP contribution in [0.4, 0.5) is 10.1 Å². The zero-order valence-corrected chi connectivity index (χ0v) is 12.1. The zero-order valence-electron chi connectivity index (χ0n) is 12.1. The lowest BCUT2D eigenvalue weighted by Crippen LogP contribution is -2.40. The number of hydrogen-bond acceptors (Lipinski definition) is 2. The molecule has 19 heavy (non-hydrogen) atoms. The average Bonchev–Trinajstić information content (AvgIpc) is 2.41. The van der Waals surface area contributed by atoms with Crippen LogP contribution in [0.25, 0.3) is 0 Å². The minimum atomic E-state index is -0.141. The van der Waals surface area contributed by atoms with Crippen molar-refractivity contribution in [2.24, 2.45) is 0 Å². The first kappa shape index (κ1) is 14.3. The second-order valence-electron chi connectivity index (χ2n) is 5.44. The van der Waals surface area contributed by atoms with Gasteiger partial charge in [0.15, 0.2) is 0 Å². The maximum absolute atomic E-state index is 13.4. The maximum atomic E-state index is 13.4. The van der Waals surface area contributed by atoms with E-state index in [9.17, 15) is 4.39 Å². The Kier molecular flexibility index (Phi) is 5.20. The van der Waals surface area contributed by atoms with Crippen LogP contribution in [-0.4, -0.2) is 19.6 Å². The van der Waals surface area contributed by atoms with Gasteiger partial charge >= 0.3 is 0 Å². The normalized spacial score (nSPS) is 19.7. The topological polar surface area (TPSA) is 15.3 Å². The van der Waals surface area contributed by atoms with Crippen LogP contribution in [0.15, 0.2) is 18.2 Å². The molecule has 1 N–H and O–H groups in total. The summed E-state index contributed by atoms with van der Waals surface area (Å²) in [6, 6.07) is 5.84. The van der Waals surface area contributed by atoms with Crippen molar-refractivity contribution in [2.75, 3.05) is 18.5 Å². The molecule has 1 aliphatic heterocycles. The molecule has 3 heteroatoms. The molecule has 0 aliphatic carbocycles. The molecule has 1 aromatic carbocycles. The van der Waals surface area contributed by atoms with Crippen LogP contribution in [0.5, 0.6) is 0 Å². The molecule has 0 radical (unpaired) electrons. The van der Waals surface area contributed by atoms with Crippen molar-refractivity contribution in [3.05, 3.63) is 29.6 Å². The molecule has 0 saturated carbocycles. The summed E-state index contributed by atoms with van der Waals surface area (Å²) in [5.41, 5.74) is 2.29. The highest BCUT2D eigenvalue weighted by molar-refractivity contribution is 5.55. The van der Waals surface area contributed by atoms with Crippen LogP contribution in [-0.2, 0) is 6.54 Å². The summed E-state index contributed by atoms with van der Waals surface area (Å²) in [5.74, 6) is -0.141. The maximum Gasteiger partial charge on any atom is 0.123 e. The number of benzene rings is 1. The third-order valence-corrected chi connectivity index (χ3v) is 3.97. The van der Waals surface area contributed by atoms with Gasteiger partial charge in [0, 0.05) is 24.8 Å². The molecule has 1 aliphatic rings. The summed E-state index contributed by atoms with van der Waals surface area (Å²) >= 11 is 0. The monoisotopic (exact) mass is 264 g/mol. The number of piperidine rings is 1. The number of hydrogen-bond donors (Lipinski definition) is 1. The lowest BCUT2D eigenvalue weighted by molar-refractivity contribution is 0.433. The minimum Gasteiger partial charge on any atom is -0.368 e. The Labute approximate surface area is 116 Å². The molecule has 1 atom stereocenters. The van der Waals surface area contributed by atoms with Crippen LogP contribution >= 0.6 is 0 Å². The van der Waals surface area contributed by atoms with Crippen LogP contribution in [0.2, 0.25) is 0 Å². The van der Waals surface area contributed by atoms with E-state index in [1.165, 1.54) is 37.8 Å². The van der Waals surface area contributed by atoms with Crippen molar-refractivity contribution >= 4 is 5.69 Å². The fraction of sp³-hybridized carbons (Fsp3) is 0.625. The molecule has 1 heterocycles. The molecule has 0 aromatic heterocycles. The summed E-state index contributed by atoms with van der Waals surface area (Å²) in [6.07, 6.45) is 6.28. The van der Waals surface area contributed by atoms with Gasteiger partial charge in [-0.15, -0.1) is 0 Å². The Hall–Kier alpha value is -1.09. The van der Waals surface area contributed by atoms with Crippen LogP contribution in [0.3, 0.4) is 0 Å². The highest BCUT2D eigenvalue weighted by Crippen LogP contribution is 2.30. The highest BCUT2D eigenvalue weighted by Gasteiger charge is 2.23. The van der Waals surface area contributed by atoms with E-state index in [2.05, 4.69) is 17.1 Å². The van der Waals surface area contributed by atoms with Crippen LogP contribution < -0.4 is 10.2 Å². The Balaban J connectivity index is 2.27. The second-order valence-corrected chi connectivity index (χ2v) is 5.44. The number of nitrogens with one attached hydrogen (secondary N) is 1. The Morgan fingerprint density at radius 2 is 2.21 bits per heavy atom. The predicted octanol–water partition coefficient (Wildman–Crippen LogP) is 3.70. The Morgan fingerprint density at radius 3 is 2.95 bits per heavy atom. The molecule has 2 rings (SSSR count). The van der Waals surface area contributed by atoms with Gasteiger partial charge in [0.1, 0.15) is 5.82 Å². The van der Waals surface area contributed by atoms with Crippen molar-refractivity contribution < 1.29 is 4.39 Å². The van der Waals surface area contributed by atoms with Crippen LogP contribution in [0.1, 0.15) is 44.6 Å². The summed E-state index contributed by atoms with van der Waals surface area (Å²) in [4.78, 5) is 2.50. The largest absolute Gasteiger partial charge is 0.368 e. The van der Waals surface area contributed by atoms with E-state index in [1.54, 1.807) is 12.1 Å². The van der Waals surface area contributed by atoms with Crippen molar-refractivity contribution in [2.45, 2.75) is 51.6 Å². The lowest BCUT2D eigenvalue weighted by atomic mass is 9.96. The summed E-state index contributed by atoms with van der Waals surface area (Å²) in [7, 11) is 1.91. The average molecular weight is 264 g/mol. The van der Waals surface area contributed by atoms with Crippen LogP contribution in [0, 0.1) is 5.82 Å². The van der Waals surface area contributed by atoms with E-state index >= 15 is 0 Å². The van der Waals surface area contributed by atoms with Gasteiger partial charge in [-0.25, -0.2) is 4.39 Å². The SMILES string of the molecule is CCCC1CCCCN1c1ccc(F)cc1CNC. The minimum absolute atomic E-state index is 0.141. The highest BCUT2D eigenvalue weighted by atomic mass is 19.1. The molecule has 0 bridgehead atoms. The summed E-state index contributed by atoms with van der Waals surface area (Å²) in [5, 5.41) is 3.14. The van der Waals surface area contributed by atoms with Gasteiger partial charge in [-0.05, 0) is 56.5 Å². The molecule has 1 fully saturated rings. The van der Waals surface area contributed by atoms with Gasteiger partial charge in [-0.2, -0.15) is 0 Å². The molecule has 1 saturated heterocycles. The summed E-state index contributed by atoms with van der Waals surface area (Å²) in [6.45, 7) is 4.07. The molecule has 1 aromatic rings. The third kappa shape index (κ3) is 3.47. The van der Waals surface area contributed by atoms with E-state index in [4.69, 9.17) is 0 Å². The van der Waals surface area contributed by atoms with E-state index in [0.29, 0.717) is 6.04 Å².